The van der Waals surface area contributed by atoms with Gasteiger partial charge in [-0.25, -0.2) is 0 Å². The van der Waals surface area contributed by atoms with E-state index in [-0.39, 0.29) is 6.04 Å². The maximum atomic E-state index is 11.1. The lowest BCUT2D eigenvalue weighted by Gasteiger charge is -2.32. The molecule has 2 nitrogen and oxygen atoms in total. The quantitative estimate of drug-likeness (QED) is 0.862. The predicted octanol–water partition coefficient (Wildman–Crippen LogP) is 3.05. The molecule has 2 unspecified atom stereocenters. The smallest absolute Gasteiger partial charge is 0.106 e. The minimum atomic E-state index is -0.905. The number of aliphatic hydroxyl groups is 1. The van der Waals surface area contributed by atoms with Crippen LogP contribution in [-0.4, -0.2) is 5.11 Å². The Morgan fingerprint density at radius 3 is 2.58 bits per heavy atom. The molecule has 0 saturated carbocycles. The van der Waals surface area contributed by atoms with Crippen LogP contribution in [0.2, 0.25) is 0 Å². The summed E-state index contributed by atoms with van der Waals surface area (Å²) in [7, 11) is 0. The minimum absolute atomic E-state index is 0.0511. The summed E-state index contributed by atoms with van der Waals surface area (Å²) in [5, 5.41) is 14.5. The fourth-order valence-corrected chi connectivity index (χ4v) is 3.10. The van der Waals surface area contributed by atoms with Crippen molar-refractivity contribution in [2.75, 3.05) is 0 Å². The summed E-state index contributed by atoms with van der Waals surface area (Å²) < 4.78 is 0. The number of hydrogen-bond acceptors (Lipinski definition) is 2. The van der Waals surface area contributed by atoms with Gasteiger partial charge in [-0.15, -0.1) is 0 Å². The van der Waals surface area contributed by atoms with Crippen LogP contribution in [0.4, 0.5) is 0 Å². The first-order chi connectivity index (χ1) is 9.10. The molecule has 98 valence electrons. The van der Waals surface area contributed by atoms with Gasteiger partial charge < -0.3 is 10.4 Å². The molecule has 1 heterocycles. The Balaban J connectivity index is 2.05. The van der Waals surface area contributed by atoms with Gasteiger partial charge in [0, 0.05) is 6.54 Å². The molecule has 0 fully saturated rings. The number of hydrogen-bond donors (Lipinski definition) is 2. The van der Waals surface area contributed by atoms with Crippen LogP contribution >= 0.6 is 0 Å². The molecule has 0 amide bonds. The maximum Gasteiger partial charge on any atom is 0.106 e. The van der Waals surface area contributed by atoms with Crippen molar-refractivity contribution in [2.45, 2.75) is 32.0 Å². The molecule has 2 heteroatoms. The largest absolute Gasteiger partial charge is 0.383 e. The molecule has 19 heavy (non-hydrogen) atoms. The van der Waals surface area contributed by atoms with Crippen LogP contribution in [0.15, 0.2) is 48.5 Å². The van der Waals surface area contributed by atoms with Crippen molar-refractivity contribution in [1.82, 2.24) is 5.32 Å². The van der Waals surface area contributed by atoms with Gasteiger partial charge in [0.25, 0.3) is 0 Å². The van der Waals surface area contributed by atoms with Crippen molar-refractivity contribution < 1.29 is 5.11 Å². The van der Waals surface area contributed by atoms with E-state index in [1.54, 1.807) is 0 Å². The van der Waals surface area contributed by atoms with Gasteiger partial charge in [0.1, 0.15) is 5.60 Å². The van der Waals surface area contributed by atoms with Crippen LogP contribution in [-0.2, 0) is 12.1 Å². The Hall–Kier alpha value is -1.64. The summed E-state index contributed by atoms with van der Waals surface area (Å²) in [6, 6.07) is 16.3. The van der Waals surface area contributed by atoms with Crippen LogP contribution in [0.5, 0.6) is 0 Å². The van der Waals surface area contributed by atoms with Crippen molar-refractivity contribution in [1.29, 1.82) is 0 Å². The molecule has 0 spiro atoms. The summed E-state index contributed by atoms with van der Waals surface area (Å²) in [6.07, 6.45) is 0. The van der Waals surface area contributed by atoms with Crippen LogP contribution in [0, 0.1) is 6.92 Å². The third-order valence-corrected chi connectivity index (χ3v) is 4.12. The van der Waals surface area contributed by atoms with E-state index in [4.69, 9.17) is 0 Å². The van der Waals surface area contributed by atoms with Gasteiger partial charge in [0.15, 0.2) is 0 Å². The molecule has 2 aromatic carbocycles. The monoisotopic (exact) mass is 253 g/mol. The number of fused-ring (bicyclic) bond motifs is 1. The van der Waals surface area contributed by atoms with E-state index >= 15 is 0 Å². The first-order valence-corrected chi connectivity index (χ1v) is 6.70. The normalized spacial score (nSPS) is 20.9. The molecule has 0 saturated heterocycles. The average molecular weight is 253 g/mol. The van der Waals surface area contributed by atoms with E-state index < -0.39 is 5.60 Å². The lowest BCUT2D eigenvalue weighted by atomic mass is 9.82. The molecule has 0 radical (unpaired) electrons. The highest BCUT2D eigenvalue weighted by Crippen LogP contribution is 2.40. The summed E-state index contributed by atoms with van der Waals surface area (Å²) in [5.41, 5.74) is 3.69. The van der Waals surface area contributed by atoms with Crippen molar-refractivity contribution in [3.05, 3.63) is 70.8 Å². The van der Waals surface area contributed by atoms with Crippen LogP contribution in [0.25, 0.3) is 0 Å². The van der Waals surface area contributed by atoms with Crippen molar-refractivity contribution in [3.8, 4) is 0 Å². The number of rotatable bonds is 2. The number of benzene rings is 2. The summed E-state index contributed by atoms with van der Waals surface area (Å²) in [6.45, 7) is 4.77. The van der Waals surface area contributed by atoms with E-state index in [2.05, 4.69) is 17.4 Å². The lowest BCUT2D eigenvalue weighted by molar-refractivity contribution is 0.0172. The molecule has 2 atom stereocenters. The molecule has 3 rings (SSSR count). The molecule has 2 aromatic rings. The molecular weight excluding hydrogens is 234 g/mol. The third-order valence-electron chi connectivity index (χ3n) is 4.12. The molecular formula is C17H19NO. The Kier molecular flexibility index (Phi) is 2.92. The Labute approximate surface area is 114 Å². The van der Waals surface area contributed by atoms with Gasteiger partial charge in [-0.1, -0.05) is 48.5 Å². The molecule has 0 aliphatic carbocycles. The van der Waals surface area contributed by atoms with Gasteiger partial charge in [0.2, 0.25) is 0 Å². The van der Waals surface area contributed by atoms with E-state index in [1.165, 1.54) is 11.1 Å². The lowest BCUT2D eigenvalue weighted by Crippen LogP contribution is -2.36. The summed E-state index contributed by atoms with van der Waals surface area (Å²) in [5.74, 6) is 0. The SMILES string of the molecule is Cc1ccccc1C(C)(O)C1NCc2ccccc21. The number of nitrogens with one attached hydrogen (secondary N) is 1. The highest BCUT2D eigenvalue weighted by atomic mass is 16.3. The van der Waals surface area contributed by atoms with Gasteiger partial charge in [-0.2, -0.15) is 0 Å². The zero-order chi connectivity index (χ0) is 13.5. The second-order valence-corrected chi connectivity index (χ2v) is 5.48. The molecule has 1 aliphatic rings. The van der Waals surface area contributed by atoms with Crippen molar-refractivity contribution in [3.63, 3.8) is 0 Å². The topological polar surface area (TPSA) is 32.3 Å². The minimum Gasteiger partial charge on any atom is -0.383 e. The maximum absolute atomic E-state index is 11.1. The molecule has 0 aromatic heterocycles. The fourth-order valence-electron chi connectivity index (χ4n) is 3.10. The Bertz CT molecular complexity index is 604. The summed E-state index contributed by atoms with van der Waals surface area (Å²) >= 11 is 0. The summed E-state index contributed by atoms with van der Waals surface area (Å²) in [4.78, 5) is 0. The van der Waals surface area contributed by atoms with Gasteiger partial charge in [-0.3, -0.25) is 0 Å². The third kappa shape index (κ3) is 1.97. The Morgan fingerprint density at radius 1 is 1.11 bits per heavy atom. The van der Waals surface area contributed by atoms with Crippen LogP contribution in [0.3, 0.4) is 0 Å². The van der Waals surface area contributed by atoms with Crippen LogP contribution < -0.4 is 5.32 Å². The van der Waals surface area contributed by atoms with E-state index in [1.807, 2.05) is 50.2 Å². The zero-order valence-corrected chi connectivity index (χ0v) is 11.4. The highest BCUT2D eigenvalue weighted by Gasteiger charge is 2.39. The highest BCUT2D eigenvalue weighted by molar-refractivity contribution is 5.40. The predicted molar refractivity (Wildman–Crippen MR) is 76.8 cm³/mol. The standard InChI is InChI=1S/C17H19NO/c1-12-7-3-6-10-15(12)17(2,19)16-14-9-5-4-8-13(14)11-18-16/h3-10,16,18-19H,11H2,1-2H3. The van der Waals surface area contributed by atoms with Crippen LogP contribution in [0.1, 0.15) is 35.2 Å². The number of aryl methyl sites for hydroxylation is 1. The fraction of sp³-hybridized carbons (Fsp3) is 0.294. The first kappa shape index (κ1) is 12.4. The van der Waals surface area contributed by atoms with E-state index in [9.17, 15) is 5.11 Å². The van der Waals surface area contributed by atoms with Gasteiger partial charge in [-0.05, 0) is 36.1 Å². The first-order valence-electron chi connectivity index (χ1n) is 6.70. The average Bonchev–Trinajstić information content (AvgIpc) is 2.83. The second kappa shape index (κ2) is 4.48. The molecule has 0 bridgehead atoms. The van der Waals surface area contributed by atoms with Gasteiger partial charge in [0.05, 0.1) is 6.04 Å². The zero-order valence-electron chi connectivity index (χ0n) is 11.4. The van der Waals surface area contributed by atoms with E-state index in [0.29, 0.717) is 0 Å². The second-order valence-electron chi connectivity index (χ2n) is 5.48. The molecule has 1 aliphatic heterocycles. The molecule has 2 N–H and O–H groups in total. The van der Waals surface area contributed by atoms with Crippen molar-refractivity contribution in [2.24, 2.45) is 0 Å². The Morgan fingerprint density at radius 2 is 1.79 bits per heavy atom. The van der Waals surface area contributed by atoms with E-state index in [0.717, 1.165) is 17.7 Å². The van der Waals surface area contributed by atoms with Crippen molar-refractivity contribution >= 4 is 0 Å². The van der Waals surface area contributed by atoms with Gasteiger partial charge >= 0.3 is 0 Å².